The van der Waals surface area contributed by atoms with Gasteiger partial charge in [0.2, 0.25) is 0 Å². The van der Waals surface area contributed by atoms with E-state index in [4.69, 9.17) is 5.73 Å². The van der Waals surface area contributed by atoms with Crippen molar-refractivity contribution >= 4 is 11.8 Å². The van der Waals surface area contributed by atoms with Gasteiger partial charge in [0.05, 0.1) is 5.69 Å². The molecule has 2 aromatic rings. The Morgan fingerprint density at radius 3 is 2.38 bits per heavy atom. The summed E-state index contributed by atoms with van der Waals surface area (Å²) in [6, 6.07) is 11.0. The largest absolute Gasteiger partial charge is 0.364 e. The van der Waals surface area contributed by atoms with E-state index in [0.717, 1.165) is 0 Å². The van der Waals surface area contributed by atoms with E-state index in [9.17, 15) is 9.59 Å². The fourth-order valence-corrected chi connectivity index (χ4v) is 3.08. The summed E-state index contributed by atoms with van der Waals surface area (Å²) in [5, 5.41) is 7.71. The summed E-state index contributed by atoms with van der Waals surface area (Å²) in [6.07, 6.45) is 0. The van der Waals surface area contributed by atoms with Gasteiger partial charge in [-0.2, -0.15) is 5.10 Å². The van der Waals surface area contributed by atoms with E-state index in [2.05, 4.69) is 10.4 Å². The molecular weight excluding hydrogens is 306 g/mol. The molecule has 3 rings (SSSR count). The van der Waals surface area contributed by atoms with Gasteiger partial charge in [-0.3, -0.25) is 9.59 Å². The maximum absolute atomic E-state index is 12.8. The van der Waals surface area contributed by atoms with Crippen LogP contribution < -0.4 is 11.1 Å². The van der Waals surface area contributed by atoms with E-state index >= 15 is 0 Å². The molecule has 0 saturated carbocycles. The van der Waals surface area contributed by atoms with Crippen molar-refractivity contribution in [3.8, 4) is 5.69 Å². The van der Waals surface area contributed by atoms with E-state index in [1.807, 2.05) is 44.2 Å². The fourth-order valence-electron chi connectivity index (χ4n) is 3.08. The average molecular weight is 327 g/mol. The van der Waals surface area contributed by atoms with Crippen LogP contribution >= 0.6 is 0 Å². The lowest BCUT2D eigenvalue weighted by Crippen LogP contribution is -2.55. The molecule has 0 spiro atoms. The molecule has 7 heteroatoms. The molecule has 0 unspecified atom stereocenters. The van der Waals surface area contributed by atoms with Crippen LogP contribution in [0.5, 0.6) is 0 Å². The van der Waals surface area contributed by atoms with Crippen molar-refractivity contribution in [2.75, 3.05) is 13.1 Å². The zero-order chi connectivity index (χ0) is 17.3. The number of rotatable bonds is 3. The summed E-state index contributed by atoms with van der Waals surface area (Å²) in [7, 11) is 0. The van der Waals surface area contributed by atoms with Crippen molar-refractivity contribution in [3.63, 3.8) is 0 Å². The molecule has 1 fully saturated rings. The molecule has 1 aliphatic rings. The van der Waals surface area contributed by atoms with Crippen LogP contribution in [0.15, 0.2) is 36.4 Å². The summed E-state index contributed by atoms with van der Waals surface area (Å²) < 4.78 is 1.42. The molecular formula is C17H21N5O2. The van der Waals surface area contributed by atoms with Crippen molar-refractivity contribution in [2.45, 2.75) is 25.9 Å². The Bertz CT molecular complexity index is 746. The standard InChI is InChI=1S/C17H21N5O2/c1-11-9-21(10-12(2)19-11)17(24)14-8-15(16(18)23)22(20-14)13-6-4-3-5-7-13/h3-8,11-12,19H,9-10H2,1-2H3,(H2,18,23)/t11-,12-/m1/s1. The first-order chi connectivity index (χ1) is 11.5. The van der Waals surface area contributed by atoms with Crippen LogP contribution in [0.25, 0.3) is 5.69 Å². The lowest BCUT2D eigenvalue weighted by atomic mass is 10.1. The highest BCUT2D eigenvalue weighted by Crippen LogP contribution is 2.15. The minimum absolute atomic E-state index is 0.188. The van der Waals surface area contributed by atoms with Crippen molar-refractivity contribution in [3.05, 3.63) is 47.8 Å². The van der Waals surface area contributed by atoms with E-state index in [1.165, 1.54) is 10.7 Å². The number of carbonyl (C=O) groups excluding carboxylic acids is 2. The molecule has 2 amide bonds. The molecule has 1 saturated heterocycles. The molecule has 2 atom stereocenters. The number of carbonyl (C=O) groups is 2. The molecule has 7 nitrogen and oxygen atoms in total. The first-order valence-electron chi connectivity index (χ1n) is 7.96. The van der Waals surface area contributed by atoms with Crippen LogP contribution in [0.3, 0.4) is 0 Å². The number of aromatic nitrogens is 2. The van der Waals surface area contributed by atoms with Crippen LogP contribution in [-0.2, 0) is 0 Å². The highest BCUT2D eigenvalue weighted by Gasteiger charge is 2.28. The van der Waals surface area contributed by atoms with E-state index in [-0.39, 0.29) is 29.4 Å². The van der Waals surface area contributed by atoms with Crippen LogP contribution in [0.1, 0.15) is 34.8 Å². The number of amides is 2. The van der Waals surface area contributed by atoms with Crippen LogP contribution in [0.2, 0.25) is 0 Å². The summed E-state index contributed by atoms with van der Waals surface area (Å²) in [5.41, 5.74) is 6.57. The predicted molar refractivity (Wildman–Crippen MR) is 90.0 cm³/mol. The lowest BCUT2D eigenvalue weighted by molar-refractivity contribution is 0.0667. The van der Waals surface area contributed by atoms with Gasteiger partial charge in [-0.15, -0.1) is 0 Å². The first kappa shape index (κ1) is 16.2. The third-order valence-electron chi connectivity index (χ3n) is 4.03. The first-order valence-corrected chi connectivity index (χ1v) is 7.96. The molecule has 126 valence electrons. The third-order valence-corrected chi connectivity index (χ3v) is 4.03. The Labute approximate surface area is 140 Å². The molecule has 0 bridgehead atoms. The number of nitrogens with zero attached hydrogens (tertiary/aromatic N) is 3. The van der Waals surface area contributed by atoms with Crippen LogP contribution in [0.4, 0.5) is 0 Å². The molecule has 24 heavy (non-hydrogen) atoms. The van der Waals surface area contributed by atoms with E-state index in [1.54, 1.807) is 4.90 Å². The highest BCUT2D eigenvalue weighted by molar-refractivity contribution is 5.97. The van der Waals surface area contributed by atoms with E-state index < -0.39 is 5.91 Å². The third kappa shape index (κ3) is 3.16. The van der Waals surface area contributed by atoms with Gasteiger partial charge in [0.15, 0.2) is 5.69 Å². The highest BCUT2D eigenvalue weighted by atomic mass is 16.2. The van der Waals surface area contributed by atoms with Crippen LogP contribution in [0, 0.1) is 0 Å². The fraction of sp³-hybridized carbons (Fsp3) is 0.353. The molecule has 0 radical (unpaired) electrons. The summed E-state index contributed by atoms with van der Waals surface area (Å²) in [5.74, 6) is -0.806. The van der Waals surface area contributed by atoms with Gasteiger partial charge in [-0.25, -0.2) is 4.68 Å². The summed E-state index contributed by atoms with van der Waals surface area (Å²) >= 11 is 0. The second-order valence-electron chi connectivity index (χ2n) is 6.21. The maximum atomic E-state index is 12.8. The number of nitrogens with two attached hydrogens (primary N) is 1. The van der Waals surface area contributed by atoms with Gasteiger partial charge < -0.3 is 16.0 Å². The number of primary amides is 1. The average Bonchev–Trinajstić information content (AvgIpc) is 2.99. The second kappa shape index (κ2) is 6.45. The van der Waals surface area contributed by atoms with Crippen molar-refractivity contribution in [1.29, 1.82) is 0 Å². The molecule has 0 aliphatic carbocycles. The summed E-state index contributed by atoms with van der Waals surface area (Å²) in [4.78, 5) is 26.3. The second-order valence-corrected chi connectivity index (χ2v) is 6.21. The smallest absolute Gasteiger partial charge is 0.274 e. The number of para-hydroxylation sites is 1. The lowest BCUT2D eigenvalue weighted by Gasteiger charge is -2.35. The minimum atomic E-state index is -0.618. The zero-order valence-corrected chi connectivity index (χ0v) is 13.8. The van der Waals surface area contributed by atoms with Crippen molar-refractivity contribution in [1.82, 2.24) is 20.0 Å². The Morgan fingerprint density at radius 2 is 1.79 bits per heavy atom. The Kier molecular flexibility index (Phi) is 4.35. The number of piperazine rings is 1. The summed E-state index contributed by atoms with van der Waals surface area (Å²) in [6.45, 7) is 5.28. The monoisotopic (exact) mass is 327 g/mol. The van der Waals surface area contributed by atoms with Gasteiger partial charge in [-0.1, -0.05) is 18.2 Å². The van der Waals surface area contributed by atoms with Crippen molar-refractivity contribution < 1.29 is 9.59 Å². The molecule has 2 heterocycles. The Morgan fingerprint density at radius 1 is 1.17 bits per heavy atom. The topological polar surface area (TPSA) is 93.2 Å². The van der Waals surface area contributed by atoms with E-state index in [0.29, 0.717) is 18.8 Å². The predicted octanol–water partition coefficient (Wildman–Crippen LogP) is 0.794. The normalized spacial score (nSPS) is 20.8. The molecule has 1 aromatic heterocycles. The molecule has 3 N–H and O–H groups in total. The van der Waals surface area contributed by atoms with Gasteiger partial charge in [0, 0.05) is 31.2 Å². The molecule has 1 aliphatic heterocycles. The minimum Gasteiger partial charge on any atom is -0.364 e. The van der Waals surface area contributed by atoms with Crippen molar-refractivity contribution in [2.24, 2.45) is 5.73 Å². The van der Waals surface area contributed by atoms with Gasteiger partial charge in [0.25, 0.3) is 11.8 Å². The molecule has 1 aromatic carbocycles. The van der Waals surface area contributed by atoms with Gasteiger partial charge >= 0.3 is 0 Å². The maximum Gasteiger partial charge on any atom is 0.274 e. The van der Waals surface area contributed by atoms with Crippen LogP contribution in [-0.4, -0.2) is 51.7 Å². The number of hydrogen-bond donors (Lipinski definition) is 2. The number of hydrogen-bond acceptors (Lipinski definition) is 4. The Hall–Kier alpha value is -2.67. The quantitative estimate of drug-likeness (QED) is 0.872. The van der Waals surface area contributed by atoms with Gasteiger partial charge in [-0.05, 0) is 26.0 Å². The number of benzene rings is 1. The Balaban J connectivity index is 1.94. The zero-order valence-electron chi connectivity index (χ0n) is 13.8. The SMILES string of the molecule is C[C@@H]1CN(C(=O)c2cc(C(N)=O)n(-c3ccccc3)n2)C[C@@H](C)N1. The number of nitrogens with one attached hydrogen (secondary N) is 1. The van der Waals surface area contributed by atoms with Gasteiger partial charge in [0.1, 0.15) is 5.69 Å².